The molecule has 0 bridgehead atoms. The lowest BCUT2D eigenvalue weighted by molar-refractivity contribution is 0.351. The monoisotopic (exact) mass is 360 g/mol. The Balaban J connectivity index is 2.06. The van der Waals surface area contributed by atoms with Crippen LogP contribution in [0.2, 0.25) is 0 Å². The van der Waals surface area contributed by atoms with E-state index in [9.17, 15) is 0 Å². The van der Waals surface area contributed by atoms with E-state index < -0.39 is 0 Å². The maximum absolute atomic E-state index is 2.54. The van der Waals surface area contributed by atoms with Gasteiger partial charge in [-0.25, -0.2) is 0 Å². The summed E-state index contributed by atoms with van der Waals surface area (Å²) in [6.45, 7) is 0. The van der Waals surface area contributed by atoms with Gasteiger partial charge in [0.15, 0.2) is 0 Å². The molecule has 2 aliphatic carbocycles. The smallest absolute Gasteiger partial charge is 0.0225 e. The molecule has 0 saturated heterocycles. The summed E-state index contributed by atoms with van der Waals surface area (Å²) in [5.41, 5.74) is 6.51. The summed E-state index contributed by atoms with van der Waals surface area (Å²) in [7, 11) is 0. The van der Waals surface area contributed by atoms with E-state index >= 15 is 0 Å². The van der Waals surface area contributed by atoms with Crippen LogP contribution in [0.5, 0.6) is 0 Å². The van der Waals surface area contributed by atoms with Crippen LogP contribution in [-0.2, 0) is 5.41 Å². The van der Waals surface area contributed by atoms with Crippen LogP contribution in [0.15, 0.2) is 42.5 Å². The minimum Gasteiger partial charge on any atom is -0.0619 e. The zero-order valence-electron chi connectivity index (χ0n) is 11.0. The average molecular weight is 360 g/mol. The summed E-state index contributed by atoms with van der Waals surface area (Å²) in [6, 6.07) is 15.9. The molecule has 1 heteroatoms. The lowest BCUT2D eigenvalue weighted by atomic mass is 9.68. The zero-order chi connectivity index (χ0) is 12.9. The summed E-state index contributed by atoms with van der Waals surface area (Å²) in [6.07, 6.45) is 6.81. The fourth-order valence-electron chi connectivity index (χ4n) is 4.18. The van der Waals surface area contributed by atoms with Crippen LogP contribution < -0.4 is 0 Å². The summed E-state index contributed by atoms with van der Waals surface area (Å²) in [4.78, 5) is 0. The van der Waals surface area contributed by atoms with E-state index in [0.29, 0.717) is 5.41 Å². The van der Waals surface area contributed by atoms with Crippen molar-refractivity contribution in [2.75, 3.05) is 0 Å². The Morgan fingerprint density at radius 3 is 2.37 bits per heavy atom. The van der Waals surface area contributed by atoms with E-state index in [1.165, 1.54) is 46.8 Å². The fourth-order valence-corrected chi connectivity index (χ4v) is 5.19. The normalized spacial score (nSPS) is 19.2. The molecule has 0 radical (unpaired) electrons. The first kappa shape index (κ1) is 12.0. The number of halogens is 1. The van der Waals surface area contributed by atoms with Crippen LogP contribution in [0.4, 0.5) is 0 Å². The van der Waals surface area contributed by atoms with Crippen LogP contribution in [0.25, 0.3) is 11.1 Å². The lowest BCUT2D eigenvalue weighted by Gasteiger charge is -2.36. The summed E-state index contributed by atoms with van der Waals surface area (Å²) in [5, 5.41) is 0. The molecule has 0 amide bonds. The fraction of sp³-hybridized carbons (Fsp3) is 0.333. The molecule has 2 aromatic rings. The maximum Gasteiger partial charge on any atom is 0.0225 e. The molecule has 96 valence electrons. The quantitative estimate of drug-likeness (QED) is 0.543. The molecule has 1 fully saturated rings. The second kappa shape index (κ2) is 4.34. The second-order valence-electron chi connectivity index (χ2n) is 5.85. The van der Waals surface area contributed by atoms with Gasteiger partial charge in [-0.2, -0.15) is 0 Å². The van der Waals surface area contributed by atoms with Crippen LogP contribution in [0.3, 0.4) is 0 Å². The third kappa shape index (κ3) is 1.57. The summed E-state index contributed by atoms with van der Waals surface area (Å²) >= 11 is 2.54. The van der Waals surface area contributed by atoms with Gasteiger partial charge in [-0.15, -0.1) is 0 Å². The van der Waals surface area contributed by atoms with Crippen molar-refractivity contribution >= 4 is 22.6 Å². The largest absolute Gasteiger partial charge is 0.0619 e. The molecule has 0 unspecified atom stereocenters. The van der Waals surface area contributed by atoms with Gasteiger partial charge in [-0.05, 0) is 63.8 Å². The highest BCUT2D eigenvalue weighted by atomic mass is 127. The third-order valence-electron chi connectivity index (χ3n) is 4.93. The van der Waals surface area contributed by atoms with Crippen molar-refractivity contribution in [1.29, 1.82) is 0 Å². The highest BCUT2D eigenvalue weighted by molar-refractivity contribution is 14.1. The van der Waals surface area contributed by atoms with E-state index in [2.05, 4.69) is 65.1 Å². The van der Waals surface area contributed by atoms with Crippen LogP contribution in [0.1, 0.15) is 43.2 Å². The first-order valence-corrected chi connectivity index (χ1v) is 8.30. The van der Waals surface area contributed by atoms with Gasteiger partial charge < -0.3 is 0 Å². The molecule has 1 saturated carbocycles. The Kier molecular flexibility index (Phi) is 2.73. The Morgan fingerprint density at radius 1 is 0.789 bits per heavy atom. The highest BCUT2D eigenvalue weighted by Gasteiger charge is 2.44. The van der Waals surface area contributed by atoms with Crippen molar-refractivity contribution < 1.29 is 0 Å². The molecule has 0 aliphatic heterocycles. The molecule has 0 atom stereocenters. The molecule has 1 spiro atoms. The van der Waals surface area contributed by atoms with Crippen molar-refractivity contribution in [3.63, 3.8) is 0 Å². The topological polar surface area (TPSA) is 0 Å². The number of fused-ring (bicyclic) bond motifs is 5. The second-order valence-corrected chi connectivity index (χ2v) is 7.01. The van der Waals surface area contributed by atoms with Gasteiger partial charge in [-0.1, -0.05) is 55.7 Å². The Morgan fingerprint density at radius 2 is 1.53 bits per heavy atom. The SMILES string of the molecule is Ic1cccc2c1C1(CCCCC1)c1ccccc1-2. The van der Waals surface area contributed by atoms with Crippen LogP contribution >= 0.6 is 22.6 Å². The first-order chi connectivity index (χ1) is 9.33. The van der Waals surface area contributed by atoms with Gasteiger partial charge in [0.25, 0.3) is 0 Å². The summed E-state index contributed by atoms with van der Waals surface area (Å²) in [5.74, 6) is 0. The van der Waals surface area contributed by atoms with Gasteiger partial charge in [-0.3, -0.25) is 0 Å². The molecule has 0 aromatic heterocycles. The summed E-state index contributed by atoms with van der Waals surface area (Å²) < 4.78 is 1.45. The van der Waals surface area contributed by atoms with Crippen molar-refractivity contribution in [3.8, 4) is 11.1 Å². The third-order valence-corrected chi connectivity index (χ3v) is 5.83. The molecular formula is C18H17I. The van der Waals surface area contributed by atoms with Gasteiger partial charge in [0.2, 0.25) is 0 Å². The zero-order valence-corrected chi connectivity index (χ0v) is 13.1. The average Bonchev–Trinajstić information content (AvgIpc) is 2.73. The predicted molar refractivity (Wildman–Crippen MR) is 88.5 cm³/mol. The number of hydrogen-bond donors (Lipinski definition) is 0. The van der Waals surface area contributed by atoms with Crippen molar-refractivity contribution in [2.24, 2.45) is 0 Å². The molecule has 4 rings (SSSR count). The number of benzene rings is 2. The van der Waals surface area contributed by atoms with E-state index in [-0.39, 0.29) is 0 Å². The Labute approximate surface area is 128 Å². The Hall–Kier alpha value is -0.830. The van der Waals surface area contributed by atoms with Gasteiger partial charge in [0, 0.05) is 8.99 Å². The minimum absolute atomic E-state index is 0.321. The van der Waals surface area contributed by atoms with Crippen molar-refractivity contribution in [1.82, 2.24) is 0 Å². The standard InChI is InChI=1S/C18H17I/c19-16-10-6-8-14-13-7-2-3-9-15(13)18(17(14)16)11-4-1-5-12-18/h2-3,6-10H,1,4-5,11-12H2. The van der Waals surface area contributed by atoms with E-state index in [1.54, 1.807) is 11.1 Å². The predicted octanol–water partition coefficient (Wildman–Crippen LogP) is 5.52. The lowest BCUT2D eigenvalue weighted by Crippen LogP contribution is -2.28. The molecule has 0 nitrogen and oxygen atoms in total. The molecule has 0 N–H and O–H groups in total. The van der Waals surface area contributed by atoms with Crippen molar-refractivity contribution in [2.45, 2.75) is 37.5 Å². The van der Waals surface area contributed by atoms with E-state index in [4.69, 9.17) is 0 Å². The maximum atomic E-state index is 2.54. The van der Waals surface area contributed by atoms with E-state index in [1.807, 2.05) is 0 Å². The molecule has 0 heterocycles. The molecule has 2 aromatic carbocycles. The van der Waals surface area contributed by atoms with Crippen LogP contribution in [0, 0.1) is 3.57 Å². The van der Waals surface area contributed by atoms with Crippen molar-refractivity contribution in [3.05, 3.63) is 57.2 Å². The number of hydrogen-bond acceptors (Lipinski definition) is 0. The highest BCUT2D eigenvalue weighted by Crippen LogP contribution is 2.56. The van der Waals surface area contributed by atoms with E-state index in [0.717, 1.165) is 0 Å². The van der Waals surface area contributed by atoms with Gasteiger partial charge in [0.1, 0.15) is 0 Å². The van der Waals surface area contributed by atoms with Crippen LogP contribution in [-0.4, -0.2) is 0 Å². The molecule has 19 heavy (non-hydrogen) atoms. The number of rotatable bonds is 0. The first-order valence-electron chi connectivity index (χ1n) is 7.22. The van der Waals surface area contributed by atoms with Gasteiger partial charge >= 0.3 is 0 Å². The molecular weight excluding hydrogens is 343 g/mol. The minimum atomic E-state index is 0.321. The Bertz CT molecular complexity index is 636. The van der Waals surface area contributed by atoms with Gasteiger partial charge in [0.05, 0.1) is 0 Å². The molecule has 2 aliphatic rings.